The molecule has 0 heterocycles. The zero-order chi connectivity index (χ0) is 12.2. The molecule has 1 rings (SSSR count). The van der Waals surface area contributed by atoms with E-state index in [1.54, 1.807) is 32.0 Å². The van der Waals surface area contributed by atoms with Gasteiger partial charge in [0.25, 0.3) is 0 Å². The summed E-state index contributed by atoms with van der Waals surface area (Å²) in [6.07, 6.45) is 0. The van der Waals surface area contributed by atoms with Crippen molar-refractivity contribution in [2.24, 2.45) is 5.92 Å². The molecule has 0 aliphatic rings. The van der Waals surface area contributed by atoms with Gasteiger partial charge in [-0.05, 0) is 12.1 Å². The molecule has 0 fully saturated rings. The molecule has 1 aromatic rings. The summed E-state index contributed by atoms with van der Waals surface area (Å²) in [5, 5.41) is 0. The molecule has 0 bridgehead atoms. The second-order valence-electron chi connectivity index (χ2n) is 3.76. The summed E-state index contributed by atoms with van der Waals surface area (Å²) in [4.78, 5) is 11.5. The van der Waals surface area contributed by atoms with Crippen LogP contribution in [0.5, 0.6) is 0 Å². The number of rotatable bonds is 5. The molecule has 4 nitrogen and oxygen atoms in total. The molecule has 0 amide bonds. The van der Waals surface area contributed by atoms with Gasteiger partial charge in [0.1, 0.15) is 5.78 Å². The molecule has 0 atom stereocenters. The number of Topliss-reactive ketones (excluding diaryl/α,β-unsaturated/α-hetero) is 1. The molecule has 1 N–H and O–H groups in total. The van der Waals surface area contributed by atoms with E-state index in [4.69, 9.17) is 0 Å². The Kier molecular flexibility index (Phi) is 4.20. The van der Waals surface area contributed by atoms with Crippen LogP contribution in [-0.4, -0.2) is 20.7 Å². The summed E-state index contributed by atoms with van der Waals surface area (Å²) in [5.41, 5.74) is 0. The molecular weight excluding hydrogens is 226 g/mol. The normalized spacial score (nSPS) is 11.7. The third-order valence-corrected chi connectivity index (χ3v) is 3.55. The van der Waals surface area contributed by atoms with E-state index >= 15 is 0 Å². The monoisotopic (exact) mass is 241 g/mol. The number of hydrogen-bond donors (Lipinski definition) is 1. The van der Waals surface area contributed by atoms with Crippen LogP contribution in [0.2, 0.25) is 0 Å². The van der Waals surface area contributed by atoms with Gasteiger partial charge in [-0.1, -0.05) is 32.0 Å². The molecule has 0 unspecified atom stereocenters. The van der Waals surface area contributed by atoms with Gasteiger partial charge in [-0.2, -0.15) is 0 Å². The Labute approximate surface area is 95.7 Å². The molecule has 88 valence electrons. The number of sulfonamides is 1. The number of benzene rings is 1. The van der Waals surface area contributed by atoms with Crippen molar-refractivity contribution in [2.75, 3.05) is 6.54 Å². The van der Waals surface area contributed by atoms with E-state index in [-0.39, 0.29) is 23.1 Å². The van der Waals surface area contributed by atoms with E-state index in [1.807, 2.05) is 0 Å². The molecule has 1 aromatic carbocycles. The Morgan fingerprint density at radius 1 is 1.25 bits per heavy atom. The molecule has 5 heteroatoms. The first kappa shape index (κ1) is 12.9. The lowest BCUT2D eigenvalue weighted by Crippen LogP contribution is -2.31. The van der Waals surface area contributed by atoms with Crippen molar-refractivity contribution in [3.8, 4) is 0 Å². The minimum Gasteiger partial charge on any atom is -0.298 e. The highest BCUT2D eigenvalue weighted by molar-refractivity contribution is 7.89. The molecular formula is C11H15NO3S. The molecule has 0 radical (unpaired) electrons. The van der Waals surface area contributed by atoms with Crippen molar-refractivity contribution in [1.29, 1.82) is 0 Å². The number of carbonyl (C=O) groups excluding carboxylic acids is 1. The third-order valence-electron chi connectivity index (χ3n) is 2.13. The van der Waals surface area contributed by atoms with Crippen LogP contribution in [0, 0.1) is 5.92 Å². The fourth-order valence-corrected chi connectivity index (χ4v) is 2.07. The molecule has 0 aromatic heterocycles. The first-order chi connectivity index (χ1) is 7.43. The maximum Gasteiger partial charge on any atom is 0.240 e. The third kappa shape index (κ3) is 3.43. The topological polar surface area (TPSA) is 63.2 Å². The summed E-state index contributed by atoms with van der Waals surface area (Å²) < 4.78 is 25.7. The van der Waals surface area contributed by atoms with Crippen molar-refractivity contribution in [2.45, 2.75) is 18.7 Å². The highest BCUT2D eigenvalue weighted by Crippen LogP contribution is 2.06. The Morgan fingerprint density at radius 2 is 1.81 bits per heavy atom. The summed E-state index contributed by atoms with van der Waals surface area (Å²) in [6, 6.07) is 7.99. The Balaban J connectivity index is 2.71. The van der Waals surface area contributed by atoms with Crippen molar-refractivity contribution >= 4 is 15.8 Å². The predicted molar refractivity (Wildman–Crippen MR) is 61.5 cm³/mol. The lowest BCUT2D eigenvalue weighted by Gasteiger charge is -2.07. The fraction of sp³-hybridized carbons (Fsp3) is 0.364. The van der Waals surface area contributed by atoms with E-state index in [0.717, 1.165) is 0 Å². The average Bonchev–Trinajstić information content (AvgIpc) is 2.27. The van der Waals surface area contributed by atoms with Crippen LogP contribution in [0.1, 0.15) is 13.8 Å². The van der Waals surface area contributed by atoms with Gasteiger partial charge in [0.05, 0.1) is 11.4 Å². The summed E-state index contributed by atoms with van der Waals surface area (Å²) in [7, 11) is -3.56. The van der Waals surface area contributed by atoms with Gasteiger partial charge in [0.2, 0.25) is 10.0 Å². The van der Waals surface area contributed by atoms with Crippen molar-refractivity contribution in [3.63, 3.8) is 0 Å². The lowest BCUT2D eigenvalue weighted by molar-refractivity contribution is -0.120. The number of carbonyl (C=O) groups is 1. The van der Waals surface area contributed by atoms with Crippen molar-refractivity contribution in [3.05, 3.63) is 30.3 Å². The Bertz CT molecular complexity index is 451. The number of ketones is 1. The van der Waals surface area contributed by atoms with E-state index in [1.165, 1.54) is 12.1 Å². The van der Waals surface area contributed by atoms with Gasteiger partial charge in [-0.3, -0.25) is 4.79 Å². The predicted octanol–water partition coefficient (Wildman–Crippen LogP) is 1.19. The molecule has 0 saturated heterocycles. The van der Waals surface area contributed by atoms with E-state index in [0.29, 0.717) is 0 Å². The van der Waals surface area contributed by atoms with Crippen LogP contribution in [0.4, 0.5) is 0 Å². The van der Waals surface area contributed by atoms with Crippen LogP contribution in [0.15, 0.2) is 35.2 Å². The Morgan fingerprint density at radius 3 is 2.31 bits per heavy atom. The second kappa shape index (κ2) is 5.23. The van der Waals surface area contributed by atoms with Crippen LogP contribution in [0.3, 0.4) is 0 Å². The zero-order valence-electron chi connectivity index (χ0n) is 9.30. The van der Waals surface area contributed by atoms with E-state index in [9.17, 15) is 13.2 Å². The van der Waals surface area contributed by atoms with Crippen LogP contribution < -0.4 is 4.72 Å². The first-order valence-corrected chi connectivity index (χ1v) is 6.49. The highest BCUT2D eigenvalue weighted by Gasteiger charge is 2.15. The van der Waals surface area contributed by atoms with E-state index < -0.39 is 10.0 Å². The van der Waals surface area contributed by atoms with Crippen LogP contribution in [-0.2, 0) is 14.8 Å². The minimum atomic E-state index is -3.56. The minimum absolute atomic E-state index is 0.125. The van der Waals surface area contributed by atoms with Gasteiger partial charge in [0.15, 0.2) is 0 Å². The average molecular weight is 241 g/mol. The largest absolute Gasteiger partial charge is 0.298 e. The summed E-state index contributed by atoms with van der Waals surface area (Å²) in [6.45, 7) is 3.31. The smallest absolute Gasteiger partial charge is 0.240 e. The lowest BCUT2D eigenvalue weighted by atomic mass is 10.1. The second-order valence-corrected chi connectivity index (χ2v) is 5.53. The van der Waals surface area contributed by atoms with E-state index in [2.05, 4.69) is 4.72 Å². The molecule has 16 heavy (non-hydrogen) atoms. The van der Waals surface area contributed by atoms with Gasteiger partial charge >= 0.3 is 0 Å². The van der Waals surface area contributed by atoms with Gasteiger partial charge in [0, 0.05) is 5.92 Å². The van der Waals surface area contributed by atoms with Crippen LogP contribution >= 0.6 is 0 Å². The standard InChI is InChI=1S/C11H15NO3S/c1-9(2)11(13)8-12-16(14,15)10-6-4-3-5-7-10/h3-7,9,12H,8H2,1-2H3. The number of hydrogen-bond acceptors (Lipinski definition) is 3. The van der Waals surface area contributed by atoms with Gasteiger partial charge < -0.3 is 0 Å². The number of nitrogens with one attached hydrogen (secondary N) is 1. The maximum atomic E-state index is 11.7. The summed E-state index contributed by atoms with van der Waals surface area (Å²) in [5.74, 6) is -0.294. The zero-order valence-corrected chi connectivity index (χ0v) is 10.1. The van der Waals surface area contributed by atoms with Gasteiger partial charge in [-0.25, -0.2) is 13.1 Å². The fourth-order valence-electron chi connectivity index (χ4n) is 1.05. The van der Waals surface area contributed by atoms with Crippen LogP contribution in [0.25, 0.3) is 0 Å². The first-order valence-electron chi connectivity index (χ1n) is 5.01. The quantitative estimate of drug-likeness (QED) is 0.842. The molecule has 0 spiro atoms. The molecule has 0 saturated carbocycles. The summed E-state index contributed by atoms with van der Waals surface area (Å²) >= 11 is 0. The maximum absolute atomic E-state index is 11.7. The SMILES string of the molecule is CC(C)C(=O)CNS(=O)(=O)c1ccccc1. The van der Waals surface area contributed by atoms with Crippen molar-refractivity contribution < 1.29 is 13.2 Å². The molecule has 0 aliphatic carbocycles. The molecule has 0 aliphatic heterocycles. The van der Waals surface area contributed by atoms with Gasteiger partial charge in [-0.15, -0.1) is 0 Å². The Hall–Kier alpha value is -1.20. The highest BCUT2D eigenvalue weighted by atomic mass is 32.2. The van der Waals surface area contributed by atoms with Crippen molar-refractivity contribution in [1.82, 2.24) is 4.72 Å².